The van der Waals surface area contributed by atoms with Crippen molar-refractivity contribution in [1.82, 2.24) is 4.90 Å². The van der Waals surface area contributed by atoms with Crippen LogP contribution in [-0.4, -0.2) is 41.1 Å². The Morgan fingerprint density at radius 1 is 1.44 bits per heavy atom. The summed E-state index contributed by atoms with van der Waals surface area (Å²) in [5.41, 5.74) is 5.37. The Labute approximate surface area is 111 Å². The molecule has 0 saturated carbocycles. The van der Waals surface area contributed by atoms with Crippen LogP contribution in [0.3, 0.4) is 0 Å². The smallest absolute Gasteiger partial charge is 0.0947 e. The van der Waals surface area contributed by atoms with Gasteiger partial charge in [0.25, 0.3) is 0 Å². The highest BCUT2D eigenvalue weighted by molar-refractivity contribution is 5.79. The van der Waals surface area contributed by atoms with Gasteiger partial charge in [-0.2, -0.15) is 0 Å². The second-order valence-corrected chi connectivity index (χ2v) is 6.63. The van der Waals surface area contributed by atoms with E-state index in [4.69, 9.17) is 15.9 Å². The van der Waals surface area contributed by atoms with E-state index in [0.717, 1.165) is 19.5 Å². The first kappa shape index (κ1) is 15.4. The molecule has 0 aromatic heterocycles. The maximum absolute atomic E-state index is 7.54. The fraction of sp³-hybridized carbons (Fsp3) is 0.929. The van der Waals surface area contributed by atoms with Gasteiger partial charge in [0.1, 0.15) is 0 Å². The molecular formula is C14H29N3O. The van der Waals surface area contributed by atoms with Crippen molar-refractivity contribution in [2.24, 2.45) is 11.7 Å². The Morgan fingerprint density at radius 2 is 2.00 bits per heavy atom. The number of nitrogens with one attached hydrogen (secondary N) is 1. The first-order valence-corrected chi connectivity index (χ1v) is 6.87. The highest BCUT2D eigenvalue weighted by Crippen LogP contribution is 2.40. The highest BCUT2D eigenvalue weighted by Gasteiger charge is 2.48. The Bertz CT molecular complexity index is 312. The largest absolute Gasteiger partial charge is 0.387 e. The molecule has 1 saturated heterocycles. The van der Waals surface area contributed by atoms with Crippen LogP contribution in [-0.2, 0) is 4.74 Å². The van der Waals surface area contributed by atoms with Gasteiger partial charge in [-0.1, -0.05) is 13.8 Å². The summed E-state index contributed by atoms with van der Waals surface area (Å²) in [4.78, 5) is 2.40. The number of amidine groups is 1. The molecule has 4 heteroatoms. The maximum atomic E-state index is 7.54. The standard InChI is InChI=1S/C14H29N3O/c1-7-17(9-10(2)12(15)16)11-8-13(3,4)18-14(11,5)6/h10-11H,7-9H2,1-6H3,(H3,15,16). The molecule has 4 nitrogen and oxygen atoms in total. The van der Waals surface area contributed by atoms with Crippen LogP contribution in [0.5, 0.6) is 0 Å². The molecular weight excluding hydrogens is 226 g/mol. The fourth-order valence-electron chi connectivity index (χ4n) is 3.03. The van der Waals surface area contributed by atoms with Gasteiger partial charge in [-0.25, -0.2) is 0 Å². The lowest BCUT2D eigenvalue weighted by Gasteiger charge is -2.36. The molecule has 1 heterocycles. The lowest BCUT2D eigenvalue weighted by atomic mass is 9.92. The molecule has 1 aliphatic heterocycles. The molecule has 0 aliphatic carbocycles. The van der Waals surface area contributed by atoms with Gasteiger partial charge in [-0.3, -0.25) is 10.3 Å². The molecule has 1 fully saturated rings. The third-order valence-corrected chi connectivity index (χ3v) is 3.91. The van der Waals surface area contributed by atoms with E-state index >= 15 is 0 Å². The zero-order chi connectivity index (χ0) is 14.1. The third kappa shape index (κ3) is 3.45. The predicted octanol–water partition coefficient (Wildman–Crippen LogP) is 2.23. The highest BCUT2D eigenvalue weighted by atomic mass is 16.5. The number of nitrogens with zero attached hydrogens (tertiary/aromatic N) is 1. The van der Waals surface area contributed by atoms with E-state index in [1.807, 2.05) is 6.92 Å². The SMILES string of the molecule is CCN(CC(C)C(=N)N)C1CC(C)(C)OC1(C)C. The summed E-state index contributed by atoms with van der Waals surface area (Å²) >= 11 is 0. The molecule has 3 N–H and O–H groups in total. The van der Waals surface area contributed by atoms with Gasteiger partial charge in [0.05, 0.1) is 17.0 Å². The molecule has 1 rings (SSSR count). The van der Waals surface area contributed by atoms with Crippen molar-refractivity contribution in [3.05, 3.63) is 0 Å². The topological polar surface area (TPSA) is 62.3 Å². The Balaban J connectivity index is 2.79. The van der Waals surface area contributed by atoms with Gasteiger partial charge in [-0.15, -0.1) is 0 Å². The van der Waals surface area contributed by atoms with Gasteiger partial charge in [0.15, 0.2) is 0 Å². The van der Waals surface area contributed by atoms with Gasteiger partial charge in [0, 0.05) is 18.5 Å². The summed E-state index contributed by atoms with van der Waals surface area (Å²) in [6.07, 6.45) is 1.03. The fourth-order valence-corrected chi connectivity index (χ4v) is 3.03. The number of hydrogen-bond donors (Lipinski definition) is 2. The normalized spacial score (nSPS) is 27.4. The minimum atomic E-state index is -0.143. The predicted molar refractivity (Wildman–Crippen MR) is 76.0 cm³/mol. The van der Waals surface area contributed by atoms with Crippen LogP contribution >= 0.6 is 0 Å². The zero-order valence-electron chi connectivity index (χ0n) is 12.7. The maximum Gasteiger partial charge on any atom is 0.0947 e. The van der Waals surface area contributed by atoms with Gasteiger partial charge in [-0.05, 0) is 40.7 Å². The van der Waals surface area contributed by atoms with E-state index in [1.54, 1.807) is 0 Å². The van der Waals surface area contributed by atoms with Crippen LogP contribution in [0.25, 0.3) is 0 Å². The van der Waals surface area contributed by atoms with Crippen molar-refractivity contribution in [2.45, 2.75) is 65.2 Å². The molecule has 0 amide bonds. The van der Waals surface area contributed by atoms with Crippen molar-refractivity contribution in [3.63, 3.8) is 0 Å². The first-order chi connectivity index (χ1) is 8.09. The average Bonchev–Trinajstić information content (AvgIpc) is 2.42. The molecule has 18 heavy (non-hydrogen) atoms. The summed E-state index contributed by atoms with van der Waals surface area (Å²) in [5.74, 6) is 0.369. The number of hydrogen-bond acceptors (Lipinski definition) is 3. The second-order valence-electron chi connectivity index (χ2n) is 6.63. The summed E-state index contributed by atoms with van der Waals surface area (Å²) in [7, 11) is 0. The monoisotopic (exact) mass is 255 g/mol. The molecule has 0 aromatic rings. The van der Waals surface area contributed by atoms with Crippen molar-refractivity contribution in [1.29, 1.82) is 5.41 Å². The van der Waals surface area contributed by atoms with Crippen LogP contribution in [0.2, 0.25) is 0 Å². The number of nitrogens with two attached hydrogens (primary N) is 1. The number of rotatable bonds is 5. The van der Waals surface area contributed by atoms with E-state index < -0.39 is 0 Å². The first-order valence-electron chi connectivity index (χ1n) is 6.87. The van der Waals surface area contributed by atoms with E-state index in [2.05, 4.69) is 39.5 Å². The molecule has 0 spiro atoms. The lowest BCUT2D eigenvalue weighted by Crippen LogP contribution is -2.49. The number of ether oxygens (including phenoxy) is 1. The van der Waals surface area contributed by atoms with E-state index in [1.165, 1.54) is 0 Å². The number of likely N-dealkylation sites (N-methyl/N-ethyl adjacent to an activating group) is 1. The molecule has 0 bridgehead atoms. The van der Waals surface area contributed by atoms with Crippen LogP contribution < -0.4 is 5.73 Å². The molecule has 2 unspecified atom stereocenters. The molecule has 1 aliphatic rings. The minimum Gasteiger partial charge on any atom is -0.387 e. The lowest BCUT2D eigenvalue weighted by molar-refractivity contribution is -0.0806. The van der Waals surface area contributed by atoms with Crippen LogP contribution in [0, 0.1) is 11.3 Å². The van der Waals surface area contributed by atoms with Crippen LogP contribution in [0.1, 0.15) is 48.0 Å². The third-order valence-electron chi connectivity index (χ3n) is 3.91. The quantitative estimate of drug-likeness (QED) is 0.585. The summed E-state index contributed by atoms with van der Waals surface area (Å²) in [6.45, 7) is 14.6. The van der Waals surface area contributed by atoms with Gasteiger partial charge < -0.3 is 10.5 Å². The Morgan fingerprint density at radius 3 is 2.33 bits per heavy atom. The Hall–Kier alpha value is -0.610. The van der Waals surface area contributed by atoms with Crippen LogP contribution in [0.15, 0.2) is 0 Å². The summed E-state index contributed by atoms with van der Waals surface area (Å²) < 4.78 is 6.15. The van der Waals surface area contributed by atoms with Crippen LogP contribution in [0.4, 0.5) is 0 Å². The van der Waals surface area contributed by atoms with Crippen molar-refractivity contribution in [3.8, 4) is 0 Å². The van der Waals surface area contributed by atoms with E-state index in [0.29, 0.717) is 6.04 Å². The zero-order valence-corrected chi connectivity index (χ0v) is 12.7. The molecule has 106 valence electrons. The summed E-state index contributed by atoms with van der Waals surface area (Å²) in [6, 6.07) is 0.388. The van der Waals surface area contributed by atoms with Gasteiger partial charge >= 0.3 is 0 Å². The van der Waals surface area contributed by atoms with Crippen molar-refractivity contribution in [2.75, 3.05) is 13.1 Å². The van der Waals surface area contributed by atoms with E-state index in [9.17, 15) is 0 Å². The Kier molecular flexibility index (Phi) is 4.44. The molecule has 0 radical (unpaired) electrons. The van der Waals surface area contributed by atoms with E-state index in [-0.39, 0.29) is 23.0 Å². The van der Waals surface area contributed by atoms with Crippen molar-refractivity contribution < 1.29 is 4.74 Å². The van der Waals surface area contributed by atoms with Crippen molar-refractivity contribution >= 4 is 5.84 Å². The minimum absolute atomic E-state index is 0.0684. The van der Waals surface area contributed by atoms with Gasteiger partial charge in [0.2, 0.25) is 0 Å². The molecule has 0 aromatic carbocycles. The second kappa shape index (κ2) is 5.17. The average molecular weight is 255 g/mol. The molecule has 2 atom stereocenters. The summed E-state index contributed by atoms with van der Waals surface area (Å²) in [5, 5.41) is 7.54.